The summed E-state index contributed by atoms with van der Waals surface area (Å²) < 4.78 is 6.24. The highest BCUT2D eigenvalue weighted by molar-refractivity contribution is 5.64. The van der Waals surface area contributed by atoms with Crippen LogP contribution in [0.15, 0.2) is 12.4 Å². The van der Waals surface area contributed by atoms with Crippen molar-refractivity contribution >= 4 is 6.09 Å². The SMILES string of the molecule is CC(Cn1ccnn1)OC(N)=O. The van der Waals surface area contributed by atoms with Gasteiger partial charge in [-0.05, 0) is 6.92 Å². The predicted molar refractivity (Wildman–Crippen MR) is 40.2 cm³/mol. The van der Waals surface area contributed by atoms with E-state index < -0.39 is 6.09 Å². The van der Waals surface area contributed by atoms with Crippen molar-refractivity contribution in [3.63, 3.8) is 0 Å². The molecule has 12 heavy (non-hydrogen) atoms. The number of hydrogen-bond acceptors (Lipinski definition) is 4. The monoisotopic (exact) mass is 170 g/mol. The summed E-state index contributed by atoms with van der Waals surface area (Å²) in [5.41, 5.74) is 4.82. The van der Waals surface area contributed by atoms with Crippen LogP contribution < -0.4 is 5.73 Å². The Hall–Kier alpha value is -1.59. The average molecular weight is 170 g/mol. The molecule has 0 saturated carbocycles. The first-order chi connectivity index (χ1) is 5.68. The van der Waals surface area contributed by atoms with Gasteiger partial charge in [0.2, 0.25) is 0 Å². The number of ether oxygens (including phenoxy) is 1. The first kappa shape index (κ1) is 8.51. The van der Waals surface area contributed by atoms with Crippen LogP contribution in [0.2, 0.25) is 0 Å². The van der Waals surface area contributed by atoms with Crippen LogP contribution in [0.5, 0.6) is 0 Å². The van der Waals surface area contributed by atoms with Gasteiger partial charge in [-0.3, -0.25) is 0 Å². The molecule has 1 rings (SSSR count). The van der Waals surface area contributed by atoms with Gasteiger partial charge in [-0.15, -0.1) is 5.10 Å². The molecule has 1 aromatic rings. The molecule has 0 spiro atoms. The maximum atomic E-state index is 10.3. The third-order valence-electron chi connectivity index (χ3n) is 1.23. The van der Waals surface area contributed by atoms with Gasteiger partial charge in [0, 0.05) is 6.20 Å². The Balaban J connectivity index is 2.36. The van der Waals surface area contributed by atoms with E-state index in [0.29, 0.717) is 6.54 Å². The summed E-state index contributed by atoms with van der Waals surface area (Å²) in [5.74, 6) is 0. The van der Waals surface area contributed by atoms with Crippen molar-refractivity contribution in [3.8, 4) is 0 Å². The van der Waals surface area contributed by atoms with Crippen LogP contribution in [0.25, 0.3) is 0 Å². The number of carbonyl (C=O) groups excluding carboxylic acids is 1. The summed E-state index contributed by atoms with van der Waals surface area (Å²) in [6, 6.07) is 0. The highest BCUT2D eigenvalue weighted by Crippen LogP contribution is 1.93. The van der Waals surface area contributed by atoms with Crippen LogP contribution in [0.4, 0.5) is 4.79 Å². The molecule has 0 radical (unpaired) electrons. The Bertz CT molecular complexity index is 246. The van der Waals surface area contributed by atoms with Gasteiger partial charge in [0.25, 0.3) is 0 Å². The fourth-order valence-electron chi connectivity index (χ4n) is 0.829. The molecule has 1 heterocycles. The highest BCUT2D eigenvalue weighted by atomic mass is 16.6. The van der Waals surface area contributed by atoms with Gasteiger partial charge < -0.3 is 10.5 Å². The van der Waals surface area contributed by atoms with E-state index in [1.54, 1.807) is 24.0 Å². The summed E-state index contributed by atoms with van der Waals surface area (Å²) in [7, 11) is 0. The number of carbonyl (C=O) groups is 1. The molecule has 1 aromatic heterocycles. The minimum Gasteiger partial charge on any atom is -0.445 e. The summed E-state index contributed by atoms with van der Waals surface area (Å²) in [4.78, 5) is 10.3. The van der Waals surface area contributed by atoms with Gasteiger partial charge in [-0.25, -0.2) is 9.48 Å². The molecule has 0 aromatic carbocycles. The van der Waals surface area contributed by atoms with Crippen LogP contribution in [0, 0.1) is 0 Å². The number of primary amides is 1. The Morgan fingerprint density at radius 1 is 1.83 bits per heavy atom. The molecule has 6 heteroatoms. The number of aromatic nitrogens is 3. The molecular formula is C6H10N4O2. The molecule has 0 aliphatic carbocycles. The smallest absolute Gasteiger partial charge is 0.404 e. The second kappa shape index (κ2) is 3.70. The van der Waals surface area contributed by atoms with Crippen molar-refractivity contribution in [2.24, 2.45) is 5.73 Å². The number of rotatable bonds is 3. The van der Waals surface area contributed by atoms with Gasteiger partial charge in [-0.2, -0.15) is 0 Å². The van der Waals surface area contributed by atoms with E-state index in [-0.39, 0.29) is 6.10 Å². The van der Waals surface area contributed by atoms with E-state index in [4.69, 9.17) is 5.73 Å². The quantitative estimate of drug-likeness (QED) is 0.678. The maximum Gasteiger partial charge on any atom is 0.404 e. The lowest BCUT2D eigenvalue weighted by atomic mass is 10.4. The molecule has 0 saturated heterocycles. The van der Waals surface area contributed by atoms with E-state index >= 15 is 0 Å². The molecule has 0 aliphatic heterocycles. The van der Waals surface area contributed by atoms with Gasteiger partial charge >= 0.3 is 6.09 Å². The molecule has 0 bridgehead atoms. The Morgan fingerprint density at radius 2 is 2.58 bits per heavy atom. The van der Waals surface area contributed by atoms with Crippen molar-refractivity contribution in [1.29, 1.82) is 0 Å². The lowest BCUT2D eigenvalue weighted by molar-refractivity contribution is 0.104. The zero-order chi connectivity index (χ0) is 8.97. The number of nitrogens with two attached hydrogens (primary N) is 1. The Kier molecular flexibility index (Phi) is 2.62. The van der Waals surface area contributed by atoms with Gasteiger partial charge in [0.1, 0.15) is 6.10 Å². The Morgan fingerprint density at radius 3 is 3.08 bits per heavy atom. The molecule has 6 nitrogen and oxygen atoms in total. The molecule has 2 N–H and O–H groups in total. The number of nitrogens with zero attached hydrogens (tertiary/aromatic N) is 3. The molecule has 1 unspecified atom stereocenters. The van der Waals surface area contributed by atoms with Crippen LogP contribution in [-0.2, 0) is 11.3 Å². The van der Waals surface area contributed by atoms with Crippen molar-refractivity contribution < 1.29 is 9.53 Å². The largest absolute Gasteiger partial charge is 0.445 e. The van der Waals surface area contributed by atoms with Crippen LogP contribution in [0.1, 0.15) is 6.92 Å². The molecule has 1 atom stereocenters. The van der Waals surface area contributed by atoms with Crippen molar-refractivity contribution in [2.75, 3.05) is 0 Å². The van der Waals surface area contributed by atoms with E-state index in [1.165, 1.54) is 0 Å². The summed E-state index contributed by atoms with van der Waals surface area (Å²) in [6.45, 7) is 2.19. The maximum absolute atomic E-state index is 10.3. The summed E-state index contributed by atoms with van der Waals surface area (Å²) >= 11 is 0. The second-order valence-corrected chi connectivity index (χ2v) is 2.37. The van der Waals surface area contributed by atoms with Crippen LogP contribution in [0.3, 0.4) is 0 Å². The fraction of sp³-hybridized carbons (Fsp3) is 0.500. The molecule has 0 aliphatic rings. The zero-order valence-electron chi connectivity index (χ0n) is 6.67. The van der Waals surface area contributed by atoms with Crippen molar-refractivity contribution in [2.45, 2.75) is 19.6 Å². The van der Waals surface area contributed by atoms with Crippen LogP contribution >= 0.6 is 0 Å². The van der Waals surface area contributed by atoms with E-state index in [0.717, 1.165) is 0 Å². The normalized spacial score (nSPS) is 12.4. The zero-order valence-corrected chi connectivity index (χ0v) is 6.67. The second-order valence-electron chi connectivity index (χ2n) is 2.37. The third kappa shape index (κ3) is 2.57. The third-order valence-corrected chi connectivity index (χ3v) is 1.23. The first-order valence-electron chi connectivity index (χ1n) is 3.48. The Labute approximate surface area is 69.3 Å². The lowest BCUT2D eigenvalue weighted by Crippen LogP contribution is -2.24. The molecule has 1 amide bonds. The predicted octanol–water partition coefficient (Wildman–Crippen LogP) is -0.238. The standard InChI is InChI=1S/C6H10N4O2/c1-5(12-6(7)11)4-10-3-2-8-9-10/h2-3,5H,4H2,1H3,(H2,7,11). The van der Waals surface area contributed by atoms with Crippen molar-refractivity contribution in [1.82, 2.24) is 15.0 Å². The topological polar surface area (TPSA) is 83.0 Å². The highest BCUT2D eigenvalue weighted by Gasteiger charge is 2.06. The van der Waals surface area contributed by atoms with Gasteiger partial charge in [0.05, 0.1) is 12.7 Å². The lowest BCUT2D eigenvalue weighted by Gasteiger charge is -2.09. The van der Waals surface area contributed by atoms with Crippen molar-refractivity contribution in [3.05, 3.63) is 12.4 Å². The average Bonchev–Trinajstić information content (AvgIpc) is 2.37. The summed E-state index contributed by atoms with van der Waals surface area (Å²) in [6.07, 6.45) is 2.17. The van der Waals surface area contributed by atoms with Gasteiger partial charge in [-0.1, -0.05) is 5.21 Å². The number of hydrogen-bond donors (Lipinski definition) is 1. The molecule has 0 fully saturated rings. The van der Waals surface area contributed by atoms with Crippen LogP contribution in [-0.4, -0.2) is 27.2 Å². The minimum atomic E-state index is -0.775. The fourth-order valence-corrected chi connectivity index (χ4v) is 0.829. The number of amides is 1. The molecule has 66 valence electrons. The minimum absolute atomic E-state index is 0.288. The van der Waals surface area contributed by atoms with E-state index in [2.05, 4.69) is 15.0 Å². The van der Waals surface area contributed by atoms with E-state index in [9.17, 15) is 4.79 Å². The van der Waals surface area contributed by atoms with E-state index in [1.807, 2.05) is 0 Å². The first-order valence-corrected chi connectivity index (χ1v) is 3.48. The summed E-state index contributed by atoms with van der Waals surface area (Å²) in [5, 5.41) is 7.29. The molecular weight excluding hydrogens is 160 g/mol. The van der Waals surface area contributed by atoms with Gasteiger partial charge in [0.15, 0.2) is 0 Å².